The number of ether oxygens (including phenoxy) is 1. The molecule has 40 heavy (non-hydrogen) atoms. The molecular weight excluding hydrogens is 574 g/mol. The number of hydrogen-bond acceptors (Lipinski definition) is 14. The molecule has 1 aliphatic heterocycles. The second kappa shape index (κ2) is 11.6. The van der Waals surface area contributed by atoms with Crippen molar-refractivity contribution in [2.45, 2.75) is 44.6 Å². The highest BCUT2D eigenvalue weighted by molar-refractivity contribution is 7.84. The number of oxime groups is 1. The molecule has 2 atom stereocenters. The normalized spacial score (nSPS) is 17.4. The average Bonchev–Trinajstić information content (AvgIpc) is 3.30. The number of rotatable bonds is 11. The molecule has 212 valence electrons. The zero-order valence-corrected chi connectivity index (χ0v) is 22.3. The van der Waals surface area contributed by atoms with Crippen molar-refractivity contribution in [1.82, 2.24) is 14.6 Å². The van der Waals surface area contributed by atoms with Gasteiger partial charge >= 0.3 is 16.3 Å². The van der Waals surface area contributed by atoms with Crippen LogP contribution in [0.3, 0.4) is 0 Å². The van der Waals surface area contributed by atoms with Gasteiger partial charge in [-0.2, -0.15) is 13.7 Å². The molecule has 1 aromatic heterocycles. The first-order chi connectivity index (χ1) is 18.7. The minimum atomic E-state index is -4.98. The molecule has 3 rings (SSSR count). The molecule has 0 spiro atoms. The Morgan fingerprint density at radius 2 is 2.02 bits per heavy atom. The van der Waals surface area contributed by atoms with Crippen LogP contribution in [0.2, 0.25) is 0 Å². The zero-order chi connectivity index (χ0) is 29.8. The Balaban J connectivity index is 1.76. The molecule has 0 aliphatic carbocycles. The van der Waals surface area contributed by atoms with Gasteiger partial charge < -0.3 is 20.6 Å². The third-order valence-corrected chi connectivity index (χ3v) is 6.98. The van der Waals surface area contributed by atoms with Gasteiger partial charge in [0.1, 0.15) is 18.3 Å². The number of aromatic nitrogens is 1. The number of benzene rings is 1. The first kappa shape index (κ1) is 29.9. The molecule has 2 aromatic rings. The molecule has 1 aromatic carbocycles. The summed E-state index contributed by atoms with van der Waals surface area (Å²) in [6, 6.07) is 4.05. The fraction of sp³-hybridized carbons (Fsp3) is 0.333. The van der Waals surface area contributed by atoms with Gasteiger partial charge in [0.2, 0.25) is 5.60 Å². The van der Waals surface area contributed by atoms with E-state index in [0.29, 0.717) is 5.56 Å². The van der Waals surface area contributed by atoms with Gasteiger partial charge in [0.15, 0.2) is 10.8 Å². The molecule has 1 aliphatic rings. The third-order valence-electron chi connectivity index (χ3n) is 5.36. The van der Waals surface area contributed by atoms with Crippen molar-refractivity contribution in [1.29, 1.82) is 5.26 Å². The van der Waals surface area contributed by atoms with Crippen LogP contribution in [0.15, 0.2) is 34.8 Å². The third kappa shape index (κ3) is 6.66. The number of nitrogens with two attached hydrogens (primary N) is 1. The predicted molar refractivity (Wildman–Crippen MR) is 135 cm³/mol. The van der Waals surface area contributed by atoms with Gasteiger partial charge in [-0.05, 0) is 31.5 Å². The number of nitro benzene ring substituents is 1. The maximum absolute atomic E-state index is 13.1. The molecule has 0 saturated carbocycles. The number of anilines is 1. The minimum Gasteiger partial charge on any atom is -0.458 e. The van der Waals surface area contributed by atoms with Gasteiger partial charge in [-0.1, -0.05) is 5.16 Å². The Morgan fingerprint density at radius 3 is 2.55 bits per heavy atom. The van der Waals surface area contributed by atoms with Crippen LogP contribution in [-0.4, -0.2) is 68.4 Å². The molecule has 4 N–H and O–H groups in total. The number of nitrogens with one attached hydrogen (secondary N) is 1. The van der Waals surface area contributed by atoms with Crippen LogP contribution in [0.25, 0.3) is 0 Å². The number of non-ortho nitro benzene ring substituents is 1. The lowest BCUT2D eigenvalue weighted by atomic mass is 9.96. The maximum atomic E-state index is 13.1. The van der Waals surface area contributed by atoms with Crippen molar-refractivity contribution in [3.63, 3.8) is 0 Å². The molecule has 1 saturated heterocycles. The fourth-order valence-electron chi connectivity index (χ4n) is 3.30. The molecule has 17 nitrogen and oxygen atoms in total. The van der Waals surface area contributed by atoms with Gasteiger partial charge in [0.25, 0.3) is 17.5 Å². The number of carbonyl (C=O) groups is 3. The van der Waals surface area contributed by atoms with E-state index < -0.39 is 62.8 Å². The van der Waals surface area contributed by atoms with Gasteiger partial charge in [-0.15, -0.1) is 11.3 Å². The van der Waals surface area contributed by atoms with Crippen LogP contribution in [0, 0.1) is 21.4 Å². The molecular formula is C21H21N7O10S2. The SMILES string of the molecule is CC(C)(ON=C(C(=O)N[C@@H]1C(=O)N(S(=O)(=O)O)[C@@H]1CC#N)c1csc(N)n1)C(=O)OCc1ccc([N+](=O)[O-])cc1. The summed E-state index contributed by atoms with van der Waals surface area (Å²) in [7, 11) is -4.98. The summed E-state index contributed by atoms with van der Waals surface area (Å²) in [6.45, 7) is 2.31. The molecule has 1 fully saturated rings. The number of nitriles is 1. The highest BCUT2D eigenvalue weighted by Gasteiger charge is 2.54. The average molecular weight is 596 g/mol. The summed E-state index contributed by atoms with van der Waals surface area (Å²) in [4.78, 5) is 57.4. The summed E-state index contributed by atoms with van der Waals surface area (Å²) >= 11 is 0.936. The van der Waals surface area contributed by atoms with E-state index >= 15 is 0 Å². The number of nitrogen functional groups attached to an aromatic ring is 1. The van der Waals surface area contributed by atoms with Crippen molar-refractivity contribution in [3.8, 4) is 6.07 Å². The van der Waals surface area contributed by atoms with Crippen LogP contribution >= 0.6 is 11.3 Å². The topological polar surface area (TPSA) is 258 Å². The quantitative estimate of drug-likeness (QED) is 0.0789. The number of hydrogen-bond donors (Lipinski definition) is 3. The summed E-state index contributed by atoms with van der Waals surface area (Å²) in [5.74, 6) is -3.19. The number of β-lactam (4-membered cyclic amide) rings is 1. The molecule has 0 bridgehead atoms. The van der Waals surface area contributed by atoms with E-state index in [4.69, 9.17) is 20.6 Å². The monoisotopic (exact) mass is 595 g/mol. The van der Waals surface area contributed by atoms with E-state index in [1.54, 1.807) is 6.07 Å². The van der Waals surface area contributed by atoms with Gasteiger partial charge in [0, 0.05) is 17.5 Å². The largest absolute Gasteiger partial charge is 0.458 e. The van der Waals surface area contributed by atoms with Crippen molar-refractivity contribution < 1.29 is 41.9 Å². The molecule has 2 heterocycles. The summed E-state index contributed by atoms with van der Waals surface area (Å²) in [6.07, 6.45) is -0.531. The minimum absolute atomic E-state index is 0.0388. The number of nitro groups is 1. The number of esters is 1. The summed E-state index contributed by atoms with van der Waals surface area (Å²) in [5.41, 5.74) is 3.52. The van der Waals surface area contributed by atoms with Gasteiger partial charge in [-0.3, -0.25) is 24.3 Å². The first-order valence-corrected chi connectivity index (χ1v) is 13.3. The number of amides is 2. The Morgan fingerprint density at radius 1 is 1.38 bits per heavy atom. The van der Waals surface area contributed by atoms with E-state index in [1.807, 2.05) is 0 Å². The zero-order valence-electron chi connectivity index (χ0n) is 20.7. The number of carbonyl (C=O) groups excluding carboxylic acids is 3. The lowest BCUT2D eigenvalue weighted by Crippen LogP contribution is -2.72. The van der Waals surface area contributed by atoms with E-state index in [9.17, 15) is 37.5 Å². The maximum Gasteiger partial charge on any atom is 0.362 e. The summed E-state index contributed by atoms with van der Waals surface area (Å²) < 4.78 is 37.4. The van der Waals surface area contributed by atoms with Crippen LogP contribution in [0.4, 0.5) is 10.8 Å². The Labute approximate surface area is 230 Å². The van der Waals surface area contributed by atoms with Crippen LogP contribution < -0.4 is 11.1 Å². The van der Waals surface area contributed by atoms with E-state index in [0.717, 1.165) is 11.3 Å². The highest BCUT2D eigenvalue weighted by Crippen LogP contribution is 2.26. The van der Waals surface area contributed by atoms with Gasteiger partial charge in [0.05, 0.1) is 23.5 Å². The van der Waals surface area contributed by atoms with Crippen molar-refractivity contribution in [3.05, 3.63) is 51.0 Å². The molecule has 2 amide bonds. The first-order valence-electron chi connectivity index (χ1n) is 11.0. The fourth-order valence-corrected chi connectivity index (χ4v) is 4.73. The second-order valence-electron chi connectivity index (χ2n) is 8.60. The van der Waals surface area contributed by atoms with E-state index in [1.165, 1.54) is 43.5 Å². The Bertz CT molecular complexity index is 1510. The molecule has 0 radical (unpaired) electrons. The highest BCUT2D eigenvalue weighted by atomic mass is 32.2. The Kier molecular flexibility index (Phi) is 8.67. The lowest BCUT2D eigenvalue weighted by molar-refractivity contribution is -0.384. The Hall–Kier alpha value is -4.67. The standard InChI is InChI=1S/C21H21N7O10S2/c1-21(2,19(31)37-9-11-3-5-12(6-4-11)28(32)33)38-26-15(13-10-39-20(23)24-13)17(29)25-16-14(7-8-22)27(18(16)30)40(34,35)36/h3-6,10,14,16H,7,9H2,1-2H3,(H2,23,24)(H,25,29)(H,34,35,36)/t14-,16+/m1/s1. The van der Waals surface area contributed by atoms with Crippen LogP contribution in [0.1, 0.15) is 31.5 Å². The molecule has 19 heteroatoms. The van der Waals surface area contributed by atoms with Gasteiger partial charge in [-0.25, -0.2) is 14.1 Å². The smallest absolute Gasteiger partial charge is 0.362 e. The second-order valence-corrected chi connectivity index (χ2v) is 10.8. The van der Waals surface area contributed by atoms with Crippen LogP contribution in [-0.2, 0) is 40.9 Å². The number of nitrogens with zero attached hydrogens (tertiary/aromatic N) is 5. The van der Waals surface area contributed by atoms with Crippen molar-refractivity contribution in [2.24, 2.45) is 5.16 Å². The predicted octanol–water partition coefficient (Wildman–Crippen LogP) is 0.288. The number of thiazole rings is 1. The lowest BCUT2D eigenvalue weighted by Gasteiger charge is -2.43. The van der Waals surface area contributed by atoms with Crippen molar-refractivity contribution in [2.75, 3.05) is 5.73 Å². The van der Waals surface area contributed by atoms with Crippen LogP contribution in [0.5, 0.6) is 0 Å². The molecule has 0 unspecified atom stereocenters. The van der Waals surface area contributed by atoms with Crippen molar-refractivity contribution >= 4 is 56.0 Å². The summed E-state index contributed by atoms with van der Waals surface area (Å²) in [5, 5.41) is 27.1. The van der Waals surface area contributed by atoms with E-state index in [2.05, 4.69) is 15.5 Å². The van der Waals surface area contributed by atoms with E-state index in [-0.39, 0.29) is 27.4 Å².